The predicted molar refractivity (Wildman–Crippen MR) is 178 cm³/mol. The van der Waals surface area contributed by atoms with Crippen molar-refractivity contribution in [1.29, 1.82) is 0 Å². The first-order valence-corrected chi connectivity index (χ1v) is 15.6. The van der Waals surface area contributed by atoms with Crippen LogP contribution in [0.2, 0.25) is 0 Å². The van der Waals surface area contributed by atoms with Crippen LogP contribution in [0.5, 0.6) is 0 Å². The molecule has 0 bridgehead atoms. The zero-order valence-corrected chi connectivity index (χ0v) is 32.2. The standard InChI is InChI=1S/C9H12BrN.C9H13N.C4H11NO.C4H9.CBr4.Li/c1-9(2,3)7-4-5-11-8(10)6-7;1-9(2,3)8-4-6-10-7-5-8;1-5(2)3-4-6;1-3-4-2;2-1(3,4)5;/h4-6H,1-3H3;4-7H,1-3H3;6H,3-4H2,1-2H3;1,3-4H2,2H3;;/q;;;-1;;+1. The van der Waals surface area contributed by atoms with Crippen LogP contribution in [0.4, 0.5) is 0 Å². The number of alkyl halides is 4. The molecule has 0 aliphatic rings. The van der Waals surface area contributed by atoms with E-state index in [2.05, 4.69) is 163 Å². The van der Waals surface area contributed by atoms with Crippen molar-refractivity contribution in [3.63, 3.8) is 0 Å². The van der Waals surface area contributed by atoms with Gasteiger partial charge in [-0.25, -0.2) is 4.98 Å². The number of pyridine rings is 2. The van der Waals surface area contributed by atoms with E-state index in [1.807, 2.05) is 43.7 Å². The summed E-state index contributed by atoms with van der Waals surface area (Å²) in [6, 6.07) is 8.21. The van der Waals surface area contributed by atoms with Crippen LogP contribution in [0.15, 0.2) is 47.5 Å². The van der Waals surface area contributed by atoms with Gasteiger partial charge in [-0.3, -0.25) is 4.98 Å². The first-order chi connectivity index (χ1) is 16.3. The monoisotopic (exact) mass is 829 g/mol. The van der Waals surface area contributed by atoms with Crippen LogP contribution in [-0.4, -0.2) is 48.3 Å². The first-order valence-electron chi connectivity index (χ1n) is 11.6. The van der Waals surface area contributed by atoms with Gasteiger partial charge in [0.25, 0.3) is 0 Å². The molecule has 2 aromatic rings. The summed E-state index contributed by atoms with van der Waals surface area (Å²) >= 11 is 15.8. The van der Waals surface area contributed by atoms with Gasteiger partial charge in [0, 0.05) is 25.1 Å². The van der Waals surface area contributed by atoms with E-state index in [1.54, 1.807) is 0 Å². The SMILES string of the molecule is BrC(Br)(Br)Br.CC(C)(C)c1ccnc(Br)c1.CC(C)(C)c1ccncc1.CN(C)CCO.[CH2-]CCC.[Li+]. The molecule has 0 spiro atoms. The molecule has 0 radical (unpaired) electrons. The minimum Gasteiger partial charge on any atom is -0.395 e. The number of likely N-dealkylation sites (N-methyl/N-ethyl adjacent to an activating group) is 1. The van der Waals surface area contributed by atoms with Crippen LogP contribution >= 0.6 is 79.6 Å². The Bertz CT molecular complexity index is 755. The maximum Gasteiger partial charge on any atom is 1.00 e. The van der Waals surface area contributed by atoms with Crippen molar-refractivity contribution in [3.8, 4) is 0 Å². The summed E-state index contributed by atoms with van der Waals surface area (Å²) in [6.45, 7) is 19.9. The summed E-state index contributed by atoms with van der Waals surface area (Å²) in [5.74, 6) is 0. The van der Waals surface area contributed by atoms with Crippen molar-refractivity contribution in [1.82, 2.24) is 14.9 Å². The molecule has 0 unspecified atom stereocenters. The van der Waals surface area contributed by atoms with Gasteiger partial charge in [-0.15, -0.1) is 0 Å². The molecule has 0 saturated heterocycles. The average Bonchev–Trinajstić information content (AvgIpc) is 2.73. The Balaban J connectivity index is -0.000000193. The molecule has 1 N–H and O–H groups in total. The van der Waals surface area contributed by atoms with Gasteiger partial charge in [0.2, 0.25) is 0 Å². The number of halogens is 5. The molecule has 10 heteroatoms. The molecule has 37 heavy (non-hydrogen) atoms. The molecule has 0 aliphatic heterocycles. The van der Waals surface area contributed by atoms with Crippen molar-refractivity contribution in [2.75, 3.05) is 27.2 Å². The number of hydrogen-bond donors (Lipinski definition) is 1. The van der Waals surface area contributed by atoms with Crippen molar-refractivity contribution < 1.29 is 24.0 Å². The molecule has 0 saturated carbocycles. The number of nitrogens with zero attached hydrogens (tertiary/aromatic N) is 3. The number of aromatic nitrogens is 2. The van der Waals surface area contributed by atoms with Crippen molar-refractivity contribution in [3.05, 3.63) is 65.5 Å². The third-order valence-corrected chi connectivity index (χ3v) is 4.47. The Morgan fingerprint density at radius 3 is 1.43 bits per heavy atom. The summed E-state index contributed by atoms with van der Waals surface area (Å²) in [7, 11) is 3.85. The number of unbranched alkanes of at least 4 members (excludes halogenated alkanes) is 1. The summed E-state index contributed by atoms with van der Waals surface area (Å²) in [5.41, 5.74) is 3.11. The maximum atomic E-state index is 8.20. The summed E-state index contributed by atoms with van der Waals surface area (Å²) in [4.78, 5) is 9.96. The number of aliphatic hydroxyl groups excluding tert-OH is 1. The fourth-order valence-electron chi connectivity index (χ4n) is 1.92. The molecule has 0 aliphatic carbocycles. The minimum atomic E-state index is -0.250. The molecule has 2 rings (SSSR count). The van der Waals surface area contributed by atoms with Crippen LogP contribution in [-0.2, 0) is 10.8 Å². The topological polar surface area (TPSA) is 49.2 Å². The van der Waals surface area contributed by atoms with Crippen molar-refractivity contribution in [2.24, 2.45) is 0 Å². The van der Waals surface area contributed by atoms with Crippen LogP contribution in [0, 0.1) is 6.92 Å². The van der Waals surface area contributed by atoms with E-state index in [9.17, 15) is 0 Å². The van der Waals surface area contributed by atoms with E-state index in [-0.39, 0.29) is 37.3 Å². The van der Waals surface area contributed by atoms with Gasteiger partial charge in [0.1, 0.15) is 4.60 Å². The summed E-state index contributed by atoms with van der Waals surface area (Å²) in [6.07, 6.45) is 7.77. The average molecular weight is 834 g/mol. The molecule has 0 aromatic carbocycles. The van der Waals surface area contributed by atoms with E-state index >= 15 is 0 Å². The van der Waals surface area contributed by atoms with Crippen LogP contribution in [0.1, 0.15) is 72.4 Å². The Morgan fingerprint density at radius 2 is 1.24 bits per heavy atom. The Labute approximate surface area is 281 Å². The van der Waals surface area contributed by atoms with Gasteiger partial charge in [-0.1, -0.05) is 54.9 Å². The normalized spacial score (nSPS) is 10.6. The zero-order chi connectivity index (χ0) is 29.0. The second-order valence-electron chi connectivity index (χ2n) is 9.91. The molecule has 2 aromatic heterocycles. The van der Waals surface area contributed by atoms with E-state index < -0.39 is 0 Å². The zero-order valence-electron chi connectivity index (χ0n) is 24.3. The van der Waals surface area contributed by atoms with Gasteiger partial charge in [-0.05, 0) is 140 Å². The molecule has 0 amide bonds. The van der Waals surface area contributed by atoms with Crippen LogP contribution in [0.25, 0.3) is 0 Å². The third kappa shape index (κ3) is 37.2. The van der Waals surface area contributed by atoms with Gasteiger partial charge in [0.15, 0.2) is 1.05 Å². The number of aliphatic hydroxyl groups is 1. The first kappa shape index (κ1) is 45.2. The quantitative estimate of drug-likeness (QED) is 0.159. The fourth-order valence-corrected chi connectivity index (χ4v) is 2.29. The Morgan fingerprint density at radius 1 is 0.865 bits per heavy atom. The van der Waals surface area contributed by atoms with Crippen molar-refractivity contribution in [2.45, 2.75) is 73.2 Å². The second kappa shape index (κ2) is 25.0. The van der Waals surface area contributed by atoms with Crippen LogP contribution in [0.3, 0.4) is 0 Å². The summed E-state index contributed by atoms with van der Waals surface area (Å²) < 4.78 is 0.657. The second-order valence-corrected chi connectivity index (χ2v) is 21.9. The molecule has 4 nitrogen and oxygen atoms in total. The number of rotatable bonds is 3. The molecular formula is C27H45Br5LiN3O. The van der Waals surface area contributed by atoms with Crippen LogP contribution < -0.4 is 18.9 Å². The van der Waals surface area contributed by atoms with Gasteiger partial charge in [-0.2, -0.15) is 6.42 Å². The van der Waals surface area contributed by atoms with Gasteiger partial charge < -0.3 is 16.9 Å². The van der Waals surface area contributed by atoms with Crippen molar-refractivity contribution >= 4 is 79.6 Å². The van der Waals surface area contributed by atoms with E-state index in [0.717, 1.165) is 17.6 Å². The van der Waals surface area contributed by atoms with Gasteiger partial charge >= 0.3 is 18.9 Å². The van der Waals surface area contributed by atoms with E-state index in [0.29, 0.717) is 0 Å². The third-order valence-electron chi connectivity index (χ3n) is 4.04. The molecular weight excluding hydrogens is 789 g/mol. The Kier molecular flexibility index (Phi) is 30.5. The Hall–Kier alpha value is 1.22. The molecule has 0 atom stereocenters. The fraction of sp³-hybridized carbons (Fsp3) is 0.593. The number of hydrogen-bond acceptors (Lipinski definition) is 4. The molecule has 0 fully saturated rings. The molecule has 2 heterocycles. The predicted octanol–water partition coefficient (Wildman–Crippen LogP) is 6.86. The smallest absolute Gasteiger partial charge is 0.395 e. The van der Waals surface area contributed by atoms with Gasteiger partial charge in [0.05, 0.1) is 6.61 Å². The summed E-state index contributed by atoms with van der Waals surface area (Å²) in [5, 5.41) is 8.20. The van der Waals surface area contributed by atoms with E-state index in [1.165, 1.54) is 17.5 Å². The maximum absolute atomic E-state index is 8.20. The largest absolute Gasteiger partial charge is 1.00 e. The van der Waals surface area contributed by atoms with E-state index in [4.69, 9.17) is 5.11 Å². The molecule has 210 valence electrons. The minimum absolute atomic E-state index is 0.